The van der Waals surface area contributed by atoms with Crippen LogP contribution in [-0.2, 0) is 0 Å². The molecule has 1 unspecified atom stereocenters. The highest BCUT2D eigenvalue weighted by atomic mass is 16.3. The van der Waals surface area contributed by atoms with Crippen molar-refractivity contribution in [1.82, 2.24) is 0 Å². The zero-order chi connectivity index (χ0) is 10.6. The van der Waals surface area contributed by atoms with E-state index in [1.807, 2.05) is 38.2 Å². The molecule has 0 heterocycles. The molecule has 1 aromatic rings. The molecule has 0 bridgehead atoms. The third-order valence-electron chi connectivity index (χ3n) is 2.30. The van der Waals surface area contributed by atoms with Gasteiger partial charge < -0.3 is 15.7 Å². The Morgan fingerprint density at radius 2 is 1.71 bits per heavy atom. The van der Waals surface area contributed by atoms with Crippen LogP contribution >= 0.6 is 0 Å². The average Bonchev–Trinajstić information content (AvgIpc) is 2.18. The third kappa shape index (κ3) is 2.64. The van der Waals surface area contributed by atoms with Crippen LogP contribution in [0.3, 0.4) is 0 Å². The minimum atomic E-state index is -0.361. The predicted molar refractivity (Wildman–Crippen MR) is 60.8 cm³/mol. The normalized spacial score (nSPS) is 14.6. The Morgan fingerprint density at radius 1 is 1.14 bits per heavy atom. The van der Waals surface area contributed by atoms with E-state index in [2.05, 4.69) is 10.6 Å². The van der Waals surface area contributed by atoms with Crippen molar-refractivity contribution in [3.8, 4) is 0 Å². The van der Waals surface area contributed by atoms with Gasteiger partial charge in [-0.15, -0.1) is 0 Å². The van der Waals surface area contributed by atoms with Crippen LogP contribution in [0.2, 0.25) is 0 Å². The minimum absolute atomic E-state index is 0.0458. The number of rotatable bonds is 4. The molecule has 0 aromatic heterocycles. The lowest BCUT2D eigenvalue weighted by molar-refractivity contribution is 0.178. The molecule has 2 atom stereocenters. The van der Waals surface area contributed by atoms with Crippen LogP contribution in [-0.4, -0.2) is 24.3 Å². The lowest BCUT2D eigenvalue weighted by atomic mass is 10.2. The highest BCUT2D eigenvalue weighted by Crippen LogP contribution is 2.21. The number of nitrogens with one attached hydrogen (secondary N) is 2. The molecule has 3 heteroatoms. The van der Waals surface area contributed by atoms with E-state index in [-0.39, 0.29) is 12.1 Å². The highest BCUT2D eigenvalue weighted by Gasteiger charge is 2.09. The number of hydrogen-bond donors (Lipinski definition) is 3. The van der Waals surface area contributed by atoms with Crippen LogP contribution in [0.15, 0.2) is 24.3 Å². The molecule has 3 nitrogen and oxygen atoms in total. The first-order valence-corrected chi connectivity index (χ1v) is 4.86. The standard InChI is InChI=1S/C11H18N2O/c1-8(9(2)14)13-11-7-5-4-6-10(11)12-3/h4-9,12-14H,1-3H3/t8?,9-/m0/s1. The maximum Gasteiger partial charge on any atom is 0.0710 e. The van der Waals surface area contributed by atoms with Crippen molar-refractivity contribution in [3.63, 3.8) is 0 Å². The maximum absolute atomic E-state index is 9.36. The van der Waals surface area contributed by atoms with Gasteiger partial charge in [0.2, 0.25) is 0 Å². The fraction of sp³-hybridized carbons (Fsp3) is 0.455. The second-order valence-electron chi connectivity index (χ2n) is 3.47. The smallest absolute Gasteiger partial charge is 0.0710 e. The summed E-state index contributed by atoms with van der Waals surface area (Å²) >= 11 is 0. The van der Waals surface area contributed by atoms with Crippen molar-refractivity contribution >= 4 is 11.4 Å². The fourth-order valence-corrected chi connectivity index (χ4v) is 1.19. The molecule has 0 aliphatic carbocycles. The summed E-state index contributed by atoms with van der Waals surface area (Å²) in [6.45, 7) is 3.73. The van der Waals surface area contributed by atoms with E-state index in [1.54, 1.807) is 6.92 Å². The van der Waals surface area contributed by atoms with Crippen LogP contribution in [0.4, 0.5) is 11.4 Å². The second kappa shape index (κ2) is 4.86. The molecule has 78 valence electrons. The minimum Gasteiger partial charge on any atom is -0.391 e. The van der Waals surface area contributed by atoms with Crippen molar-refractivity contribution in [3.05, 3.63) is 24.3 Å². The van der Waals surface area contributed by atoms with E-state index in [0.717, 1.165) is 11.4 Å². The largest absolute Gasteiger partial charge is 0.391 e. The lowest BCUT2D eigenvalue weighted by Gasteiger charge is -2.19. The molecule has 1 aromatic carbocycles. The molecular formula is C11H18N2O. The van der Waals surface area contributed by atoms with Crippen LogP contribution < -0.4 is 10.6 Å². The number of hydrogen-bond acceptors (Lipinski definition) is 3. The second-order valence-corrected chi connectivity index (χ2v) is 3.47. The zero-order valence-corrected chi connectivity index (χ0v) is 8.91. The summed E-state index contributed by atoms with van der Waals surface area (Å²) < 4.78 is 0. The van der Waals surface area contributed by atoms with Crippen LogP contribution in [0.1, 0.15) is 13.8 Å². The van der Waals surface area contributed by atoms with Gasteiger partial charge in [0.1, 0.15) is 0 Å². The van der Waals surface area contributed by atoms with Gasteiger partial charge in [-0.3, -0.25) is 0 Å². The van der Waals surface area contributed by atoms with Crippen molar-refractivity contribution in [1.29, 1.82) is 0 Å². The average molecular weight is 194 g/mol. The Morgan fingerprint density at radius 3 is 2.21 bits per heavy atom. The van der Waals surface area contributed by atoms with Crippen LogP contribution in [0, 0.1) is 0 Å². The summed E-state index contributed by atoms with van der Waals surface area (Å²) in [5, 5.41) is 15.7. The Labute approximate surface area is 85.2 Å². The number of benzene rings is 1. The van der Waals surface area contributed by atoms with Gasteiger partial charge in [-0.05, 0) is 26.0 Å². The van der Waals surface area contributed by atoms with E-state index in [9.17, 15) is 5.11 Å². The first-order chi connectivity index (χ1) is 6.65. The van der Waals surface area contributed by atoms with Gasteiger partial charge in [-0.25, -0.2) is 0 Å². The Bertz CT molecular complexity index is 286. The van der Waals surface area contributed by atoms with Gasteiger partial charge in [0.25, 0.3) is 0 Å². The summed E-state index contributed by atoms with van der Waals surface area (Å²) in [4.78, 5) is 0. The summed E-state index contributed by atoms with van der Waals surface area (Å²) in [7, 11) is 1.88. The molecular weight excluding hydrogens is 176 g/mol. The third-order valence-corrected chi connectivity index (χ3v) is 2.30. The molecule has 0 aliphatic heterocycles. The van der Waals surface area contributed by atoms with E-state index in [4.69, 9.17) is 0 Å². The SMILES string of the molecule is CNc1ccccc1NC(C)[C@H](C)O. The summed E-state index contributed by atoms with van der Waals surface area (Å²) in [6, 6.07) is 7.98. The molecule has 0 radical (unpaired) electrons. The Kier molecular flexibility index (Phi) is 3.77. The van der Waals surface area contributed by atoms with Crippen molar-refractivity contribution < 1.29 is 5.11 Å². The quantitative estimate of drug-likeness (QED) is 0.686. The number of anilines is 2. The summed E-state index contributed by atoms with van der Waals surface area (Å²) in [5.74, 6) is 0. The molecule has 0 amide bonds. The molecule has 0 saturated heterocycles. The van der Waals surface area contributed by atoms with Gasteiger partial charge in [-0.2, -0.15) is 0 Å². The molecule has 0 spiro atoms. The van der Waals surface area contributed by atoms with E-state index >= 15 is 0 Å². The Hall–Kier alpha value is -1.22. The van der Waals surface area contributed by atoms with Gasteiger partial charge >= 0.3 is 0 Å². The summed E-state index contributed by atoms with van der Waals surface area (Å²) in [5.41, 5.74) is 2.06. The van der Waals surface area contributed by atoms with Crippen LogP contribution in [0.25, 0.3) is 0 Å². The van der Waals surface area contributed by atoms with Crippen molar-refractivity contribution in [2.75, 3.05) is 17.7 Å². The van der Waals surface area contributed by atoms with Crippen molar-refractivity contribution in [2.24, 2.45) is 0 Å². The molecule has 14 heavy (non-hydrogen) atoms. The molecule has 0 aliphatic rings. The number of aliphatic hydroxyl groups is 1. The van der Waals surface area contributed by atoms with Gasteiger partial charge in [0.15, 0.2) is 0 Å². The molecule has 1 rings (SSSR count). The van der Waals surface area contributed by atoms with Crippen molar-refractivity contribution in [2.45, 2.75) is 26.0 Å². The topological polar surface area (TPSA) is 44.3 Å². The predicted octanol–water partition coefficient (Wildman–Crippen LogP) is 1.91. The number of aliphatic hydroxyl groups excluding tert-OH is 1. The molecule has 3 N–H and O–H groups in total. The first kappa shape index (κ1) is 10.9. The zero-order valence-electron chi connectivity index (χ0n) is 8.91. The first-order valence-electron chi connectivity index (χ1n) is 4.86. The maximum atomic E-state index is 9.36. The van der Waals surface area contributed by atoms with Gasteiger partial charge in [0, 0.05) is 13.1 Å². The van der Waals surface area contributed by atoms with Gasteiger partial charge in [0.05, 0.1) is 17.5 Å². The fourth-order valence-electron chi connectivity index (χ4n) is 1.19. The monoisotopic (exact) mass is 194 g/mol. The van der Waals surface area contributed by atoms with E-state index in [1.165, 1.54) is 0 Å². The van der Waals surface area contributed by atoms with Crippen LogP contribution in [0.5, 0.6) is 0 Å². The number of para-hydroxylation sites is 2. The molecule has 0 saturated carbocycles. The lowest BCUT2D eigenvalue weighted by Crippen LogP contribution is -2.28. The van der Waals surface area contributed by atoms with Gasteiger partial charge in [-0.1, -0.05) is 12.1 Å². The van der Waals surface area contributed by atoms with E-state index < -0.39 is 0 Å². The summed E-state index contributed by atoms with van der Waals surface area (Å²) in [6.07, 6.45) is -0.361. The Balaban J connectivity index is 2.75. The van der Waals surface area contributed by atoms with E-state index in [0.29, 0.717) is 0 Å². The molecule has 0 fully saturated rings. The highest BCUT2D eigenvalue weighted by molar-refractivity contribution is 5.68.